The number of rotatable bonds is 4. The standard InChI is InChI=1S/C13H18O2/c1-4-5-12-10(3)9(2)6-7-11(12)8-13(14)15/h6-7H,4-5,8H2,1-3H3,(H,14,15). The summed E-state index contributed by atoms with van der Waals surface area (Å²) in [6.07, 6.45) is 2.16. The largest absolute Gasteiger partial charge is 0.481 e. The molecule has 0 radical (unpaired) electrons. The van der Waals surface area contributed by atoms with Crippen molar-refractivity contribution < 1.29 is 9.90 Å². The van der Waals surface area contributed by atoms with Crippen molar-refractivity contribution >= 4 is 5.97 Å². The van der Waals surface area contributed by atoms with Crippen LogP contribution in [0.25, 0.3) is 0 Å². The lowest BCUT2D eigenvalue weighted by molar-refractivity contribution is -0.136. The zero-order valence-electron chi connectivity index (χ0n) is 9.63. The lowest BCUT2D eigenvalue weighted by Gasteiger charge is -2.12. The number of aliphatic carboxylic acids is 1. The Balaban J connectivity index is 3.14. The summed E-state index contributed by atoms with van der Waals surface area (Å²) in [6.45, 7) is 6.26. The highest BCUT2D eigenvalue weighted by Gasteiger charge is 2.09. The molecule has 0 saturated carbocycles. The first-order chi connectivity index (χ1) is 7.06. The van der Waals surface area contributed by atoms with E-state index in [1.165, 1.54) is 16.7 Å². The lowest BCUT2D eigenvalue weighted by atomic mass is 9.93. The second-order valence-electron chi connectivity index (χ2n) is 3.97. The summed E-state index contributed by atoms with van der Waals surface area (Å²) in [5, 5.41) is 8.82. The van der Waals surface area contributed by atoms with Crippen LogP contribution in [0.15, 0.2) is 12.1 Å². The molecule has 1 rings (SSSR count). The van der Waals surface area contributed by atoms with E-state index in [4.69, 9.17) is 5.11 Å². The quantitative estimate of drug-likeness (QED) is 0.822. The molecule has 0 fully saturated rings. The average molecular weight is 206 g/mol. The van der Waals surface area contributed by atoms with Crippen LogP contribution in [0.3, 0.4) is 0 Å². The molecule has 0 aliphatic carbocycles. The van der Waals surface area contributed by atoms with Crippen molar-refractivity contribution in [3.05, 3.63) is 34.4 Å². The van der Waals surface area contributed by atoms with Gasteiger partial charge in [0.1, 0.15) is 0 Å². The number of aryl methyl sites for hydroxylation is 1. The Hall–Kier alpha value is -1.31. The molecule has 0 unspecified atom stereocenters. The van der Waals surface area contributed by atoms with Crippen molar-refractivity contribution in [2.24, 2.45) is 0 Å². The fourth-order valence-corrected chi connectivity index (χ4v) is 1.86. The highest BCUT2D eigenvalue weighted by molar-refractivity contribution is 5.71. The van der Waals surface area contributed by atoms with E-state index >= 15 is 0 Å². The van der Waals surface area contributed by atoms with E-state index in [9.17, 15) is 4.79 Å². The predicted molar refractivity (Wildman–Crippen MR) is 61.3 cm³/mol. The summed E-state index contributed by atoms with van der Waals surface area (Å²) in [5.41, 5.74) is 4.68. The fourth-order valence-electron chi connectivity index (χ4n) is 1.86. The van der Waals surface area contributed by atoms with Crippen LogP contribution in [-0.4, -0.2) is 11.1 Å². The van der Waals surface area contributed by atoms with Crippen molar-refractivity contribution in [3.8, 4) is 0 Å². The Kier molecular flexibility index (Phi) is 3.89. The van der Waals surface area contributed by atoms with Gasteiger partial charge in [0.25, 0.3) is 0 Å². The zero-order valence-corrected chi connectivity index (χ0v) is 9.63. The molecule has 0 aliphatic rings. The normalized spacial score (nSPS) is 10.3. The van der Waals surface area contributed by atoms with E-state index in [0.29, 0.717) is 0 Å². The Morgan fingerprint density at radius 1 is 1.33 bits per heavy atom. The molecule has 82 valence electrons. The summed E-state index contributed by atoms with van der Waals surface area (Å²) in [5.74, 6) is -0.754. The minimum atomic E-state index is -0.754. The molecule has 1 aromatic rings. The van der Waals surface area contributed by atoms with Gasteiger partial charge in [0.2, 0.25) is 0 Å². The van der Waals surface area contributed by atoms with Crippen molar-refractivity contribution in [3.63, 3.8) is 0 Å². The van der Waals surface area contributed by atoms with E-state index < -0.39 is 5.97 Å². The Morgan fingerprint density at radius 2 is 2.00 bits per heavy atom. The number of hydrogen-bond donors (Lipinski definition) is 1. The lowest BCUT2D eigenvalue weighted by Crippen LogP contribution is -2.06. The molecule has 0 aliphatic heterocycles. The molecule has 2 nitrogen and oxygen atoms in total. The molecule has 0 spiro atoms. The van der Waals surface area contributed by atoms with Gasteiger partial charge >= 0.3 is 5.97 Å². The van der Waals surface area contributed by atoms with E-state index in [2.05, 4.69) is 20.8 Å². The number of carboxylic acid groups (broad SMARTS) is 1. The maximum Gasteiger partial charge on any atom is 0.307 e. The molecule has 0 heterocycles. The molecule has 0 aromatic heterocycles. The molecular weight excluding hydrogens is 188 g/mol. The van der Waals surface area contributed by atoms with Crippen LogP contribution in [0.2, 0.25) is 0 Å². The third-order valence-corrected chi connectivity index (χ3v) is 2.81. The monoisotopic (exact) mass is 206 g/mol. The molecule has 1 aromatic carbocycles. The zero-order chi connectivity index (χ0) is 11.4. The van der Waals surface area contributed by atoms with E-state index in [0.717, 1.165) is 18.4 Å². The van der Waals surface area contributed by atoms with Gasteiger partial charge in [-0.3, -0.25) is 4.79 Å². The molecule has 0 saturated heterocycles. The van der Waals surface area contributed by atoms with Gasteiger partial charge in [0, 0.05) is 0 Å². The Morgan fingerprint density at radius 3 is 2.53 bits per heavy atom. The third kappa shape index (κ3) is 2.82. The molecule has 0 atom stereocenters. The first kappa shape index (κ1) is 11.8. The summed E-state index contributed by atoms with van der Waals surface area (Å²) < 4.78 is 0. The summed E-state index contributed by atoms with van der Waals surface area (Å²) >= 11 is 0. The average Bonchev–Trinajstić information content (AvgIpc) is 2.17. The molecule has 1 N–H and O–H groups in total. The highest BCUT2D eigenvalue weighted by Crippen LogP contribution is 2.20. The van der Waals surface area contributed by atoms with Crippen LogP contribution in [0.5, 0.6) is 0 Å². The number of carboxylic acids is 1. The fraction of sp³-hybridized carbons (Fsp3) is 0.462. The Bertz CT molecular complexity index is 367. The van der Waals surface area contributed by atoms with Crippen LogP contribution in [-0.2, 0) is 17.6 Å². The van der Waals surface area contributed by atoms with Gasteiger partial charge in [-0.1, -0.05) is 25.5 Å². The van der Waals surface area contributed by atoms with Gasteiger partial charge in [-0.2, -0.15) is 0 Å². The molecule has 0 amide bonds. The minimum Gasteiger partial charge on any atom is -0.481 e. The Labute approximate surface area is 90.9 Å². The maximum atomic E-state index is 10.7. The summed E-state index contributed by atoms with van der Waals surface area (Å²) in [4.78, 5) is 10.7. The van der Waals surface area contributed by atoms with Gasteiger partial charge in [-0.05, 0) is 42.5 Å². The number of hydrogen-bond acceptors (Lipinski definition) is 1. The van der Waals surface area contributed by atoms with Gasteiger partial charge in [-0.25, -0.2) is 0 Å². The van der Waals surface area contributed by atoms with Crippen LogP contribution >= 0.6 is 0 Å². The highest BCUT2D eigenvalue weighted by atomic mass is 16.4. The van der Waals surface area contributed by atoms with Gasteiger partial charge in [0.05, 0.1) is 6.42 Å². The van der Waals surface area contributed by atoms with Gasteiger partial charge in [0.15, 0.2) is 0 Å². The first-order valence-electron chi connectivity index (χ1n) is 5.36. The predicted octanol–water partition coefficient (Wildman–Crippen LogP) is 2.88. The molecule has 2 heteroatoms. The van der Waals surface area contributed by atoms with Crippen molar-refractivity contribution in [1.29, 1.82) is 0 Å². The van der Waals surface area contributed by atoms with Gasteiger partial charge < -0.3 is 5.11 Å². The second-order valence-corrected chi connectivity index (χ2v) is 3.97. The third-order valence-electron chi connectivity index (χ3n) is 2.81. The maximum absolute atomic E-state index is 10.7. The minimum absolute atomic E-state index is 0.135. The summed E-state index contributed by atoms with van der Waals surface area (Å²) in [6, 6.07) is 3.95. The van der Waals surface area contributed by atoms with Crippen molar-refractivity contribution in [2.75, 3.05) is 0 Å². The van der Waals surface area contributed by atoms with Crippen molar-refractivity contribution in [1.82, 2.24) is 0 Å². The number of carbonyl (C=O) groups is 1. The van der Waals surface area contributed by atoms with Crippen LogP contribution in [0, 0.1) is 13.8 Å². The van der Waals surface area contributed by atoms with Crippen molar-refractivity contribution in [2.45, 2.75) is 40.0 Å². The molecular formula is C13H18O2. The van der Waals surface area contributed by atoms with Crippen LogP contribution < -0.4 is 0 Å². The van der Waals surface area contributed by atoms with E-state index in [-0.39, 0.29) is 6.42 Å². The van der Waals surface area contributed by atoms with E-state index in [1.54, 1.807) is 0 Å². The topological polar surface area (TPSA) is 37.3 Å². The molecule has 0 bridgehead atoms. The number of benzene rings is 1. The summed E-state index contributed by atoms with van der Waals surface area (Å²) in [7, 11) is 0. The second kappa shape index (κ2) is 4.96. The van der Waals surface area contributed by atoms with E-state index in [1.807, 2.05) is 12.1 Å². The van der Waals surface area contributed by atoms with Crippen LogP contribution in [0.1, 0.15) is 35.6 Å². The smallest absolute Gasteiger partial charge is 0.307 e. The first-order valence-corrected chi connectivity index (χ1v) is 5.36. The van der Waals surface area contributed by atoms with Gasteiger partial charge in [-0.15, -0.1) is 0 Å². The SMILES string of the molecule is CCCc1c(CC(=O)O)ccc(C)c1C. The molecule has 15 heavy (non-hydrogen) atoms. The van der Waals surface area contributed by atoms with Crippen LogP contribution in [0.4, 0.5) is 0 Å².